The van der Waals surface area contributed by atoms with Crippen molar-refractivity contribution in [2.75, 3.05) is 27.3 Å². The summed E-state index contributed by atoms with van der Waals surface area (Å²) in [5, 5.41) is 5.50. The molecular weight excluding hydrogens is 833 g/mol. The number of hydrogen-bond donors (Lipinski definition) is 4. The van der Waals surface area contributed by atoms with E-state index in [-0.39, 0.29) is 35.7 Å². The average Bonchev–Trinajstić information content (AvgIpc) is 4.17. The van der Waals surface area contributed by atoms with Gasteiger partial charge in [0.25, 0.3) is 0 Å². The molecule has 10 rings (SSSR count). The molecular formula is C52H62N8O6. The van der Waals surface area contributed by atoms with Gasteiger partial charge >= 0.3 is 12.2 Å². The Labute approximate surface area is 386 Å². The fourth-order valence-electron chi connectivity index (χ4n) is 11.9. The zero-order chi connectivity index (χ0) is 46.0. The summed E-state index contributed by atoms with van der Waals surface area (Å²) in [6.07, 6.45) is 10.8. The number of nitrogens with zero attached hydrogens (tertiary/aromatic N) is 4. The molecule has 2 unspecified atom stereocenters. The number of imidazole rings is 2. The number of fused-ring (bicyclic) bond motifs is 5. The number of likely N-dealkylation sites (tertiary alicyclic amines) is 2. The van der Waals surface area contributed by atoms with Gasteiger partial charge in [0.1, 0.15) is 23.7 Å². The predicted molar refractivity (Wildman–Crippen MR) is 251 cm³/mol. The second-order valence-corrected chi connectivity index (χ2v) is 19.8. The lowest BCUT2D eigenvalue weighted by atomic mass is 9.72. The van der Waals surface area contributed by atoms with Crippen molar-refractivity contribution >= 4 is 35.0 Å². The van der Waals surface area contributed by atoms with Crippen LogP contribution in [0, 0.1) is 17.8 Å². The Balaban J connectivity index is 0.930. The highest BCUT2D eigenvalue weighted by molar-refractivity contribution is 5.89. The summed E-state index contributed by atoms with van der Waals surface area (Å²) in [7, 11) is 2.62. The Bertz CT molecular complexity index is 2720. The van der Waals surface area contributed by atoms with Crippen LogP contribution >= 0.6 is 0 Å². The number of aromatic nitrogens is 4. The number of alkyl carbamates (subject to hydrolysis) is 2. The third-order valence-electron chi connectivity index (χ3n) is 15.4. The molecule has 346 valence electrons. The highest BCUT2D eigenvalue weighted by atomic mass is 16.5. The fraction of sp³-hybridized carbons (Fsp3) is 0.500. The summed E-state index contributed by atoms with van der Waals surface area (Å²) in [5.41, 5.74) is 14.8. The van der Waals surface area contributed by atoms with Crippen LogP contribution in [0.3, 0.4) is 0 Å². The Morgan fingerprint density at radius 1 is 0.682 bits per heavy atom. The highest BCUT2D eigenvalue weighted by Gasteiger charge is 2.43. The largest absolute Gasteiger partial charge is 0.453 e. The molecule has 2 aliphatic heterocycles. The van der Waals surface area contributed by atoms with Gasteiger partial charge in [-0.3, -0.25) is 9.59 Å². The van der Waals surface area contributed by atoms with E-state index in [1.807, 2.05) is 43.7 Å². The van der Waals surface area contributed by atoms with E-state index < -0.39 is 24.3 Å². The molecule has 3 aliphatic carbocycles. The minimum absolute atomic E-state index is 0.0998. The van der Waals surface area contributed by atoms with Gasteiger partial charge in [0.05, 0.1) is 43.0 Å². The lowest BCUT2D eigenvalue weighted by molar-refractivity contribution is -0.136. The predicted octanol–water partition coefficient (Wildman–Crippen LogP) is 8.91. The molecule has 66 heavy (non-hydrogen) atoms. The lowest BCUT2D eigenvalue weighted by Crippen LogP contribution is -2.51. The van der Waals surface area contributed by atoms with Crippen LogP contribution in [0.25, 0.3) is 44.5 Å². The molecule has 6 atom stereocenters. The fourth-order valence-corrected chi connectivity index (χ4v) is 11.9. The van der Waals surface area contributed by atoms with Crippen molar-refractivity contribution in [3.63, 3.8) is 0 Å². The van der Waals surface area contributed by atoms with E-state index in [2.05, 4.69) is 63.1 Å². The number of amides is 4. The van der Waals surface area contributed by atoms with Crippen LogP contribution in [-0.2, 0) is 38.3 Å². The van der Waals surface area contributed by atoms with E-state index in [1.54, 1.807) is 0 Å². The zero-order valence-corrected chi connectivity index (χ0v) is 39.0. The number of methoxy groups -OCH3 is 2. The zero-order valence-electron chi connectivity index (χ0n) is 39.0. The first-order chi connectivity index (χ1) is 31.9. The van der Waals surface area contributed by atoms with Gasteiger partial charge in [-0.2, -0.15) is 0 Å². The molecule has 4 heterocycles. The number of nitrogens with one attached hydrogen (secondary N) is 4. The second-order valence-electron chi connectivity index (χ2n) is 19.8. The van der Waals surface area contributed by atoms with Gasteiger partial charge in [-0.25, -0.2) is 19.6 Å². The van der Waals surface area contributed by atoms with Crippen molar-refractivity contribution in [3.8, 4) is 33.5 Å². The molecule has 5 aliphatic rings. The number of carbonyl (C=O) groups excluding carboxylic acids is 4. The minimum Gasteiger partial charge on any atom is -0.453 e. The van der Waals surface area contributed by atoms with Crippen molar-refractivity contribution in [1.29, 1.82) is 0 Å². The molecule has 0 bridgehead atoms. The summed E-state index contributed by atoms with van der Waals surface area (Å²) in [6.45, 7) is 8.93. The molecule has 0 spiro atoms. The quantitative estimate of drug-likeness (QED) is 0.102. The number of benzene rings is 3. The van der Waals surface area contributed by atoms with Crippen LogP contribution < -0.4 is 10.6 Å². The van der Waals surface area contributed by atoms with Crippen LogP contribution in [0.4, 0.5) is 9.59 Å². The summed E-state index contributed by atoms with van der Waals surface area (Å²) in [5.74, 6) is 2.35. The van der Waals surface area contributed by atoms with Crippen LogP contribution in [-0.4, -0.2) is 93.1 Å². The summed E-state index contributed by atoms with van der Waals surface area (Å²) in [6, 6.07) is 14.1. The van der Waals surface area contributed by atoms with Gasteiger partial charge in [-0.05, 0) is 145 Å². The van der Waals surface area contributed by atoms with Crippen LogP contribution in [0.15, 0.2) is 48.7 Å². The maximum atomic E-state index is 13.8. The van der Waals surface area contributed by atoms with Gasteiger partial charge < -0.3 is 39.9 Å². The number of aromatic amines is 2. The van der Waals surface area contributed by atoms with E-state index in [0.717, 1.165) is 85.3 Å². The number of ether oxygens (including phenoxy) is 2. The van der Waals surface area contributed by atoms with Gasteiger partial charge in [0, 0.05) is 24.8 Å². The summed E-state index contributed by atoms with van der Waals surface area (Å²) < 4.78 is 9.66. The maximum Gasteiger partial charge on any atom is 0.407 e. The molecule has 3 aromatic carbocycles. The number of H-pyrrole nitrogens is 2. The van der Waals surface area contributed by atoms with Gasteiger partial charge in [0.2, 0.25) is 11.8 Å². The van der Waals surface area contributed by atoms with Crippen molar-refractivity contribution in [2.45, 2.75) is 122 Å². The first kappa shape index (κ1) is 43.7. The van der Waals surface area contributed by atoms with E-state index in [4.69, 9.17) is 19.4 Å². The highest BCUT2D eigenvalue weighted by Crippen LogP contribution is 2.57. The lowest BCUT2D eigenvalue weighted by Gasteiger charge is -2.32. The Hall–Kier alpha value is -6.18. The van der Waals surface area contributed by atoms with Crippen molar-refractivity contribution < 1.29 is 28.7 Å². The smallest absolute Gasteiger partial charge is 0.407 e. The second kappa shape index (κ2) is 17.6. The molecule has 3 fully saturated rings. The first-order valence-electron chi connectivity index (χ1n) is 24.1. The van der Waals surface area contributed by atoms with E-state index in [0.29, 0.717) is 24.9 Å². The summed E-state index contributed by atoms with van der Waals surface area (Å²) in [4.78, 5) is 72.9. The molecule has 5 aromatic rings. The van der Waals surface area contributed by atoms with Gasteiger partial charge in [0.15, 0.2) is 0 Å². The molecule has 2 aromatic heterocycles. The molecule has 4 amide bonds. The molecule has 2 saturated heterocycles. The topological polar surface area (TPSA) is 175 Å². The third kappa shape index (κ3) is 7.59. The number of rotatable bonds is 11. The Morgan fingerprint density at radius 2 is 1.29 bits per heavy atom. The van der Waals surface area contributed by atoms with Gasteiger partial charge in [-0.1, -0.05) is 58.0 Å². The molecule has 1 saturated carbocycles. The average molecular weight is 895 g/mol. The normalized spacial score (nSPS) is 21.7. The standard InChI is InChI=1S/C52H62N8O6/c1-27(2)45(57-51(63)65-5)49(61)59-22-8-12-42(59)47-53-26-41(56-47)36-19-18-35(33-10-7-11-34(33)36)37-20-17-31(38-24-29-14-16-32(29)44(37)38)30-15-21-39-40(25-30)55-48(54-39)43-13-9-23-60(43)50(62)46(28(3)4)58-52(64)66-6/h15,17-21,25-29,32,42-43,45-46H,7-14,16,22-24H2,1-6H3,(H,53,56)(H,54,55)(H,57,63)(H,58,64)/t29?,32?,42-,43-,45-,46-/m0/s1. The van der Waals surface area contributed by atoms with Crippen molar-refractivity contribution in [3.05, 3.63) is 82.6 Å². The molecule has 0 radical (unpaired) electrons. The first-order valence-corrected chi connectivity index (χ1v) is 24.1. The third-order valence-corrected chi connectivity index (χ3v) is 15.4. The minimum atomic E-state index is -0.686. The molecule has 14 nitrogen and oxygen atoms in total. The summed E-state index contributed by atoms with van der Waals surface area (Å²) >= 11 is 0. The van der Waals surface area contributed by atoms with Crippen LogP contribution in [0.1, 0.15) is 125 Å². The van der Waals surface area contributed by atoms with Crippen molar-refractivity contribution in [2.24, 2.45) is 17.8 Å². The Kier molecular flexibility index (Phi) is 11.6. The van der Waals surface area contributed by atoms with E-state index >= 15 is 0 Å². The van der Waals surface area contributed by atoms with E-state index in [9.17, 15) is 19.2 Å². The maximum absolute atomic E-state index is 13.8. The van der Waals surface area contributed by atoms with Crippen LogP contribution in [0.5, 0.6) is 0 Å². The van der Waals surface area contributed by atoms with Crippen molar-refractivity contribution in [1.82, 2.24) is 40.4 Å². The van der Waals surface area contributed by atoms with Crippen LogP contribution in [0.2, 0.25) is 0 Å². The SMILES string of the molecule is COC(=O)N[C@H](C(=O)N1CCC[C@H]1c1nc(-c2ccc(-c3ccc(-c4ccc5nc([C@@H]6CCCN6C(=O)[C@@H](NC(=O)OC)C(C)C)[nH]c5c4)c4c3C3CCC3C4)c3c2CCC3)c[nH]1)C(C)C. The Morgan fingerprint density at radius 3 is 1.91 bits per heavy atom. The molecule has 4 N–H and O–H groups in total. The number of hydrogen-bond acceptors (Lipinski definition) is 8. The number of carbonyl (C=O) groups is 4. The van der Waals surface area contributed by atoms with Gasteiger partial charge in [-0.15, -0.1) is 0 Å². The molecule has 14 heteroatoms. The van der Waals surface area contributed by atoms with E-state index in [1.165, 1.54) is 71.6 Å². The monoisotopic (exact) mass is 894 g/mol.